The fraction of sp³-hybridized carbons (Fsp3) is 0.357. The van der Waals surface area contributed by atoms with Crippen LogP contribution in [0.15, 0.2) is 48.5 Å². The van der Waals surface area contributed by atoms with Crippen molar-refractivity contribution in [2.45, 2.75) is 39.7 Å². The van der Waals surface area contributed by atoms with E-state index in [-0.39, 0.29) is 5.91 Å². The number of amides is 1. The maximum atomic E-state index is 13.3. The second-order valence-corrected chi connectivity index (χ2v) is 9.51. The number of piperidine rings is 1. The summed E-state index contributed by atoms with van der Waals surface area (Å²) in [6, 6.07) is 16.8. The van der Waals surface area contributed by atoms with Gasteiger partial charge in [-0.05, 0) is 56.0 Å². The maximum Gasteiger partial charge on any atom is 0.254 e. The number of hydrogen-bond donors (Lipinski definition) is 0. The zero-order chi connectivity index (χ0) is 24.4. The molecule has 1 fully saturated rings. The predicted octanol–water partition coefficient (Wildman–Crippen LogP) is 4.88. The molecule has 1 saturated heterocycles. The normalized spacial score (nSPS) is 15.9. The van der Waals surface area contributed by atoms with Crippen molar-refractivity contribution in [2.75, 3.05) is 24.5 Å². The van der Waals surface area contributed by atoms with Crippen LogP contribution in [-0.4, -0.2) is 40.4 Å². The number of nitriles is 1. The Hall–Kier alpha value is -3.92. The van der Waals surface area contributed by atoms with E-state index in [1.165, 1.54) is 0 Å². The lowest BCUT2D eigenvalue weighted by Gasteiger charge is -2.33. The third-order valence-electron chi connectivity index (χ3n) is 6.84. The van der Waals surface area contributed by atoms with E-state index < -0.39 is 0 Å². The minimum Gasteiger partial charge on any atom is -0.438 e. The highest BCUT2D eigenvalue weighted by molar-refractivity contribution is 5.94. The molecule has 3 aromatic rings. The number of hydrogen-bond acceptors (Lipinski definition) is 6. The largest absolute Gasteiger partial charge is 0.438 e. The monoisotopic (exact) mass is 467 g/mol. The van der Waals surface area contributed by atoms with Crippen LogP contribution in [0, 0.1) is 24.2 Å². The number of anilines is 1. The molecular weight excluding hydrogens is 438 g/mol. The van der Waals surface area contributed by atoms with Gasteiger partial charge < -0.3 is 14.5 Å². The van der Waals surface area contributed by atoms with E-state index in [0.717, 1.165) is 42.8 Å². The molecule has 1 aromatic heterocycles. The number of aromatic nitrogens is 2. The van der Waals surface area contributed by atoms with Crippen LogP contribution in [-0.2, 0) is 13.0 Å². The molecule has 7 heteroatoms. The SMILES string of the molecule is Cc1ccc(Oc2nc(N3CCC(C)CC3)nc3c2CN(C(=O)c2cccc(C#N)c2)CC3)cc1. The van der Waals surface area contributed by atoms with E-state index in [1.54, 1.807) is 29.2 Å². The fourth-order valence-corrected chi connectivity index (χ4v) is 4.60. The van der Waals surface area contributed by atoms with E-state index in [2.05, 4.69) is 17.9 Å². The molecule has 178 valence electrons. The minimum absolute atomic E-state index is 0.108. The average molecular weight is 468 g/mol. The van der Waals surface area contributed by atoms with Crippen LogP contribution in [0.1, 0.15) is 52.5 Å². The van der Waals surface area contributed by atoms with Gasteiger partial charge in [-0.3, -0.25) is 4.79 Å². The highest BCUT2D eigenvalue weighted by atomic mass is 16.5. The molecule has 0 aliphatic carbocycles. The van der Waals surface area contributed by atoms with Crippen LogP contribution >= 0.6 is 0 Å². The summed E-state index contributed by atoms with van der Waals surface area (Å²) in [7, 11) is 0. The van der Waals surface area contributed by atoms with Gasteiger partial charge in [0.05, 0.1) is 29.4 Å². The van der Waals surface area contributed by atoms with Crippen molar-refractivity contribution >= 4 is 11.9 Å². The fourth-order valence-electron chi connectivity index (χ4n) is 4.60. The second-order valence-electron chi connectivity index (χ2n) is 9.51. The molecule has 7 nitrogen and oxygen atoms in total. The number of carbonyl (C=O) groups is 1. The number of fused-ring (bicyclic) bond motifs is 1. The number of benzene rings is 2. The molecule has 0 saturated carbocycles. The molecule has 5 rings (SSSR count). The predicted molar refractivity (Wildman–Crippen MR) is 133 cm³/mol. The van der Waals surface area contributed by atoms with Crippen molar-refractivity contribution in [1.82, 2.24) is 14.9 Å². The summed E-state index contributed by atoms with van der Waals surface area (Å²) in [5.74, 6) is 2.53. The summed E-state index contributed by atoms with van der Waals surface area (Å²) in [4.78, 5) is 27.1. The standard InChI is InChI=1S/C28H29N5O2/c1-19-6-8-23(9-7-19)35-26-24-18-33(27(34)22-5-3-4-21(16-22)17-29)15-12-25(24)30-28(31-26)32-13-10-20(2)11-14-32/h3-9,16,20H,10-15,18H2,1-2H3. The van der Waals surface area contributed by atoms with E-state index in [1.807, 2.05) is 31.2 Å². The number of rotatable bonds is 4. The topological polar surface area (TPSA) is 82.3 Å². The van der Waals surface area contributed by atoms with Gasteiger partial charge in [0.1, 0.15) is 5.75 Å². The number of ether oxygens (including phenoxy) is 1. The van der Waals surface area contributed by atoms with Gasteiger partial charge in [-0.15, -0.1) is 0 Å². The van der Waals surface area contributed by atoms with Crippen molar-refractivity contribution in [2.24, 2.45) is 5.92 Å². The summed E-state index contributed by atoms with van der Waals surface area (Å²) < 4.78 is 6.30. The molecule has 0 unspecified atom stereocenters. The third-order valence-corrected chi connectivity index (χ3v) is 6.84. The van der Waals surface area contributed by atoms with Gasteiger partial charge in [-0.2, -0.15) is 10.2 Å². The summed E-state index contributed by atoms with van der Waals surface area (Å²) in [6.07, 6.45) is 2.88. The van der Waals surface area contributed by atoms with Gasteiger partial charge >= 0.3 is 0 Å². The van der Waals surface area contributed by atoms with E-state index in [0.29, 0.717) is 54.1 Å². The Bertz CT molecular complexity index is 1270. The molecule has 0 radical (unpaired) electrons. The Kier molecular flexibility index (Phi) is 6.37. The maximum absolute atomic E-state index is 13.3. The zero-order valence-electron chi connectivity index (χ0n) is 20.2. The van der Waals surface area contributed by atoms with E-state index in [9.17, 15) is 10.1 Å². The van der Waals surface area contributed by atoms with Crippen molar-refractivity contribution in [3.8, 4) is 17.7 Å². The zero-order valence-corrected chi connectivity index (χ0v) is 20.2. The molecule has 0 N–H and O–H groups in total. The lowest BCUT2D eigenvalue weighted by molar-refractivity contribution is 0.0732. The lowest BCUT2D eigenvalue weighted by atomic mass is 9.99. The molecule has 0 atom stereocenters. The molecule has 2 aromatic carbocycles. The first-order valence-corrected chi connectivity index (χ1v) is 12.2. The van der Waals surface area contributed by atoms with Crippen molar-refractivity contribution in [1.29, 1.82) is 5.26 Å². The lowest BCUT2D eigenvalue weighted by Crippen LogP contribution is -2.38. The Morgan fingerprint density at radius 1 is 1.09 bits per heavy atom. The van der Waals surface area contributed by atoms with Gasteiger partial charge in [0.15, 0.2) is 0 Å². The van der Waals surface area contributed by atoms with Gasteiger partial charge in [0, 0.05) is 31.6 Å². The molecule has 35 heavy (non-hydrogen) atoms. The van der Waals surface area contributed by atoms with Crippen LogP contribution in [0.25, 0.3) is 0 Å². The van der Waals surface area contributed by atoms with Gasteiger partial charge in [-0.25, -0.2) is 4.98 Å². The Morgan fingerprint density at radius 3 is 2.60 bits per heavy atom. The first-order valence-electron chi connectivity index (χ1n) is 12.2. The molecular formula is C28H29N5O2. The molecule has 1 amide bonds. The first-order chi connectivity index (χ1) is 17.0. The van der Waals surface area contributed by atoms with Gasteiger partial charge in [0.25, 0.3) is 5.91 Å². The highest BCUT2D eigenvalue weighted by Gasteiger charge is 2.29. The quantitative estimate of drug-likeness (QED) is 0.544. The number of nitrogens with zero attached hydrogens (tertiary/aromatic N) is 5. The molecule has 0 bridgehead atoms. The Balaban J connectivity index is 1.47. The molecule has 3 heterocycles. The molecule has 2 aliphatic heterocycles. The van der Waals surface area contributed by atoms with Gasteiger partial charge in [-0.1, -0.05) is 30.7 Å². The Morgan fingerprint density at radius 2 is 1.86 bits per heavy atom. The van der Waals surface area contributed by atoms with Crippen molar-refractivity contribution in [3.63, 3.8) is 0 Å². The first kappa shape index (κ1) is 22.9. The van der Waals surface area contributed by atoms with Crippen LogP contribution in [0.5, 0.6) is 11.6 Å². The number of carbonyl (C=O) groups excluding carboxylic acids is 1. The van der Waals surface area contributed by atoms with Gasteiger partial charge in [0.2, 0.25) is 11.8 Å². The minimum atomic E-state index is -0.108. The summed E-state index contributed by atoms with van der Waals surface area (Å²) >= 11 is 0. The van der Waals surface area contributed by atoms with Crippen LogP contribution in [0.3, 0.4) is 0 Å². The summed E-state index contributed by atoms with van der Waals surface area (Å²) in [6.45, 7) is 7.11. The smallest absolute Gasteiger partial charge is 0.254 e. The van der Waals surface area contributed by atoms with E-state index in [4.69, 9.17) is 14.7 Å². The molecule has 2 aliphatic rings. The van der Waals surface area contributed by atoms with Crippen molar-refractivity contribution in [3.05, 3.63) is 76.5 Å². The summed E-state index contributed by atoms with van der Waals surface area (Å²) in [5.41, 5.74) is 3.91. The van der Waals surface area contributed by atoms with Crippen LogP contribution in [0.4, 0.5) is 5.95 Å². The Labute approximate surface area is 206 Å². The molecule has 0 spiro atoms. The second kappa shape index (κ2) is 9.75. The van der Waals surface area contributed by atoms with Crippen molar-refractivity contribution < 1.29 is 9.53 Å². The van der Waals surface area contributed by atoms with Crippen LogP contribution < -0.4 is 9.64 Å². The summed E-state index contributed by atoms with van der Waals surface area (Å²) in [5, 5.41) is 9.21. The van der Waals surface area contributed by atoms with Crippen LogP contribution in [0.2, 0.25) is 0 Å². The number of aryl methyl sites for hydroxylation is 1. The van der Waals surface area contributed by atoms with E-state index >= 15 is 0 Å². The third kappa shape index (κ3) is 4.97. The highest BCUT2D eigenvalue weighted by Crippen LogP contribution is 2.33. The average Bonchev–Trinajstić information content (AvgIpc) is 2.89.